The number of aryl methyl sites for hydroxylation is 2. The summed E-state index contributed by atoms with van der Waals surface area (Å²) in [5, 5.41) is 0. The van der Waals surface area contributed by atoms with Gasteiger partial charge in [0.25, 0.3) is 5.91 Å². The van der Waals surface area contributed by atoms with E-state index in [-0.39, 0.29) is 11.7 Å². The quantitative estimate of drug-likeness (QED) is 0.805. The monoisotopic (exact) mass is 301 g/mol. The predicted octanol–water partition coefficient (Wildman–Crippen LogP) is 3.84. The number of rotatable bonds is 4. The number of hydrogen-bond acceptors (Lipinski definition) is 3. The molecule has 1 amide bonds. The van der Waals surface area contributed by atoms with Gasteiger partial charge >= 0.3 is 0 Å². The van der Waals surface area contributed by atoms with Gasteiger partial charge in [-0.2, -0.15) is 0 Å². The van der Waals surface area contributed by atoms with Gasteiger partial charge in [0, 0.05) is 13.6 Å². The van der Waals surface area contributed by atoms with Gasteiger partial charge in [0.05, 0.1) is 9.75 Å². The Morgan fingerprint density at radius 3 is 2.33 bits per heavy atom. The molecule has 0 N–H and O–H groups in total. The third-order valence-corrected chi connectivity index (χ3v) is 4.59. The Kier molecular flexibility index (Phi) is 4.58. The Bertz CT molecular complexity index is 688. The molecule has 0 radical (unpaired) electrons. The lowest BCUT2D eigenvalue weighted by Gasteiger charge is -2.18. The molecule has 0 aliphatic carbocycles. The van der Waals surface area contributed by atoms with Gasteiger partial charge in [-0.1, -0.05) is 23.8 Å². The SMILES string of the molecule is CC(=O)c1ccc(C(=O)N(C)Cc2ccc(C)cc2C)s1. The minimum Gasteiger partial charge on any atom is -0.337 e. The second-order valence-electron chi connectivity index (χ2n) is 5.31. The highest BCUT2D eigenvalue weighted by molar-refractivity contribution is 7.15. The van der Waals surface area contributed by atoms with E-state index in [4.69, 9.17) is 0 Å². The fraction of sp³-hybridized carbons (Fsp3) is 0.294. The Balaban J connectivity index is 2.13. The number of hydrogen-bond donors (Lipinski definition) is 0. The second kappa shape index (κ2) is 6.22. The summed E-state index contributed by atoms with van der Waals surface area (Å²) in [5.41, 5.74) is 3.54. The van der Waals surface area contributed by atoms with Crippen LogP contribution in [0.3, 0.4) is 0 Å². The summed E-state index contributed by atoms with van der Waals surface area (Å²) in [5.74, 6) is -0.0523. The third-order valence-electron chi connectivity index (χ3n) is 3.42. The normalized spacial score (nSPS) is 10.5. The highest BCUT2D eigenvalue weighted by atomic mass is 32.1. The topological polar surface area (TPSA) is 37.4 Å². The van der Waals surface area contributed by atoms with Crippen molar-refractivity contribution in [3.8, 4) is 0 Å². The van der Waals surface area contributed by atoms with Crippen LogP contribution >= 0.6 is 11.3 Å². The molecule has 4 heteroatoms. The van der Waals surface area contributed by atoms with Crippen molar-refractivity contribution in [3.63, 3.8) is 0 Å². The Morgan fingerprint density at radius 1 is 1.10 bits per heavy atom. The van der Waals surface area contributed by atoms with Gasteiger partial charge in [-0.3, -0.25) is 9.59 Å². The summed E-state index contributed by atoms with van der Waals surface area (Å²) in [4.78, 5) is 26.6. The Hall–Kier alpha value is -1.94. The molecule has 3 nitrogen and oxygen atoms in total. The highest BCUT2D eigenvalue weighted by Gasteiger charge is 2.16. The molecule has 0 fully saturated rings. The molecule has 1 heterocycles. The zero-order chi connectivity index (χ0) is 15.6. The molecule has 0 atom stereocenters. The first-order chi connectivity index (χ1) is 9.88. The van der Waals surface area contributed by atoms with Crippen molar-refractivity contribution in [1.82, 2.24) is 4.90 Å². The van der Waals surface area contributed by atoms with Crippen LogP contribution < -0.4 is 0 Å². The summed E-state index contributed by atoms with van der Waals surface area (Å²) in [6.45, 7) is 6.19. The van der Waals surface area contributed by atoms with Crippen LogP contribution in [0.2, 0.25) is 0 Å². The van der Waals surface area contributed by atoms with Gasteiger partial charge in [-0.25, -0.2) is 0 Å². The maximum absolute atomic E-state index is 12.4. The van der Waals surface area contributed by atoms with Crippen molar-refractivity contribution in [2.45, 2.75) is 27.3 Å². The first-order valence-electron chi connectivity index (χ1n) is 6.81. The molecule has 0 saturated heterocycles. The smallest absolute Gasteiger partial charge is 0.263 e. The third kappa shape index (κ3) is 3.58. The van der Waals surface area contributed by atoms with Crippen LogP contribution in [-0.4, -0.2) is 23.6 Å². The largest absolute Gasteiger partial charge is 0.337 e. The average molecular weight is 301 g/mol. The van der Waals surface area contributed by atoms with Gasteiger partial charge < -0.3 is 4.90 Å². The molecule has 0 spiro atoms. The average Bonchev–Trinajstić information content (AvgIpc) is 2.90. The molecule has 0 aliphatic heterocycles. The zero-order valence-electron chi connectivity index (χ0n) is 12.8. The lowest BCUT2D eigenvalue weighted by molar-refractivity contribution is 0.0789. The molecule has 0 saturated carbocycles. The first-order valence-corrected chi connectivity index (χ1v) is 7.62. The van der Waals surface area contributed by atoms with Gasteiger partial charge in [-0.05, 0) is 44.0 Å². The van der Waals surface area contributed by atoms with Crippen LogP contribution in [0.1, 0.15) is 43.0 Å². The van der Waals surface area contributed by atoms with Crippen molar-refractivity contribution in [3.05, 3.63) is 56.8 Å². The Labute approximate surface area is 129 Å². The molecule has 2 aromatic rings. The zero-order valence-corrected chi connectivity index (χ0v) is 13.6. The first kappa shape index (κ1) is 15.4. The van der Waals surface area contributed by atoms with Crippen molar-refractivity contribution in [2.24, 2.45) is 0 Å². The maximum atomic E-state index is 12.4. The number of Topliss-reactive ketones (excluding diaryl/α,β-unsaturated/α-hetero) is 1. The summed E-state index contributed by atoms with van der Waals surface area (Å²) >= 11 is 1.25. The van der Waals surface area contributed by atoms with Crippen molar-refractivity contribution >= 4 is 23.0 Å². The van der Waals surface area contributed by atoms with Crippen LogP contribution in [0.25, 0.3) is 0 Å². The van der Waals surface area contributed by atoms with E-state index in [1.807, 2.05) is 0 Å². The van der Waals surface area contributed by atoms with Crippen LogP contribution in [-0.2, 0) is 6.54 Å². The molecule has 1 aromatic heterocycles. The van der Waals surface area contributed by atoms with E-state index in [0.717, 1.165) is 5.56 Å². The number of thiophene rings is 1. The van der Waals surface area contributed by atoms with Crippen molar-refractivity contribution in [1.29, 1.82) is 0 Å². The van der Waals surface area contributed by atoms with Crippen LogP contribution in [0, 0.1) is 13.8 Å². The van der Waals surface area contributed by atoms with E-state index in [1.54, 1.807) is 24.1 Å². The lowest BCUT2D eigenvalue weighted by atomic mass is 10.1. The number of carbonyl (C=O) groups is 2. The number of benzene rings is 1. The summed E-state index contributed by atoms with van der Waals surface area (Å²) < 4.78 is 0. The van der Waals surface area contributed by atoms with Crippen LogP contribution in [0.4, 0.5) is 0 Å². The van der Waals surface area contributed by atoms with E-state index in [1.165, 1.54) is 29.4 Å². The van der Waals surface area contributed by atoms with E-state index < -0.39 is 0 Å². The molecule has 0 aliphatic rings. The van der Waals surface area contributed by atoms with E-state index in [0.29, 0.717) is 16.3 Å². The molecular formula is C17H19NO2S. The maximum Gasteiger partial charge on any atom is 0.263 e. The van der Waals surface area contributed by atoms with Crippen molar-refractivity contribution < 1.29 is 9.59 Å². The molecule has 21 heavy (non-hydrogen) atoms. The minimum absolute atomic E-state index is 0.00363. The Morgan fingerprint density at radius 2 is 1.76 bits per heavy atom. The predicted molar refractivity (Wildman–Crippen MR) is 86.0 cm³/mol. The molecule has 0 bridgehead atoms. The standard InChI is InChI=1S/C17H19NO2S/c1-11-5-6-14(12(2)9-11)10-18(4)17(20)16-8-7-15(21-16)13(3)19/h5-9H,10H2,1-4H3. The van der Waals surface area contributed by atoms with Crippen molar-refractivity contribution in [2.75, 3.05) is 7.05 Å². The van der Waals surface area contributed by atoms with Crippen LogP contribution in [0.5, 0.6) is 0 Å². The number of ketones is 1. The molecule has 110 valence electrons. The second-order valence-corrected chi connectivity index (χ2v) is 6.40. The van der Waals surface area contributed by atoms with E-state index in [9.17, 15) is 9.59 Å². The summed E-state index contributed by atoms with van der Waals surface area (Å²) in [6, 6.07) is 9.67. The van der Waals surface area contributed by atoms with E-state index in [2.05, 4.69) is 32.0 Å². The number of amides is 1. The number of carbonyl (C=O) groups excluding carboxylic acids is 2. The van der Waals surface area contributed by atoms with Gasteiger partial charge in [-0.15, -0.1) is 11.3 Å². The summed E-state index contributed by atoms with van der Waals surface area (Å²) in [6.07, 6.45) is 0. The summed E-state index contributed by atoms with van der Waals surface area (Å²) in [7, 11) is 1.79. The van der Waals surface area contributed by atoms with Crippen LogP contribution in [0.15, 0.2) is 30.3 Å². The highest BCUT2D eigenvalue weighted by Crippen LogP contribution is 2.20. The minimum atomic E-state index is -0.0486. The molecule has 1 aromatic carbocycles. The molecule has 0 unspecified atom stereocenters. The fourth-order valence-corrected chi connectivity index (χ4v) is 3.08. The molecule has 2 rings (SSSR count). The van der Waals surface area contributed by atoms with Gasteiger partial charge in [0.2, 0.25) is 0 Å². The molecular weight excluding hydrogens is 282 g/mol. The van der Waals surface area contributed by atoms with Gasteiger partial charge in [0.1, 0.15) is 0 Å². The van der Waals surface area contributed by atoms with Gasteiger partial charge in [0.15, 0.2) is 5.78 Å². The number of nitrogens with zero attached hydrogens (tertiary/aromatic N) is 1. The van der Waals surface area contributed by atoms with E-state index >= 15 is 0 Å². The fourth-order valence-electron chi connectivity index (χ4n) is 2.18. The lowest BCUT2D eigenvalue weighted by Crippen LogP contribution is -2.25.